The predicted octanol–water partition coefficient (Wildman–Crippen LogP) is 2.48. The maximum atomic E-state index is 10.5. The van der Waals surface area contributed by atoms with Crippen LogP contribution in [0.25, 0.3) is 0 Å². The Kier molecular flexibility index (Phi) is 3.04. The fraction of sp³-hybridized carbons (Fsp3) is 0.600. The third kappa shape index (κ3) is 2.13. The van der Waals surface area contributed by atoms with Gasteiger partial charge in [-0.2, -0.15) is 0 Å². The summed E-state index contributed by atoms with van der Waals surface area (Å²) in [5, 5.41) is 10.5. The molecule has 0 aromatic heterocycles. The predicted molar refractivity (Wildman–Crippen MR) is 68.9 cm³/mol. The number of para-hydroxylation sites is 1. The minimum absolute atomic E-state index is 0.241. The Morgan fingerprint density at radius 3 is 2.94 bits per heavy atom. The summed E-state index contributed by atoms with van der Waals surface area (Å²) in [6.45, 7) is 0.755. The lowest BCUT2D eigenvalue weighted by molar-refractivity contribution is -0.134. The van der Waals surface area contributed by atoms with Crippen LogP contribution < -0.4 is 4.74 Å². The number of hydrogen-bond donors (Lipinski definition) is 1. The zero-order valence-corrected chi connectivity index (χ0v) is 10.8. The van der Waals surface area contributed by atoms with Crippen molar-refractivity contribution in [1.82, 2.24) is 0 Å². The first-order chi connectivity index (χ1) is 8.70. The molecule has 3 heteroatoms. The third-order valence-corrected chi connectivity index (χ3v) is 4.26. The van der Waals surface area contributed by atoms with E-state index in [0.29, 0.717) is 5.92 Å². The molecule has 3 rings (SSSR count). The van der Waals surface area contributed by atoms with Gasteiger partial charge in [0.05, 0.1) is 18.3 Å². The molecule has 0 bridgehead atoms. The summed E-state index contributed by atoms with van der Waals surface area (Å²) in [6.07, 6.45) is 3.60. The van der Waals surface area contributed by atoms with Gasteiger partial charge in [-0.25, -0.2) is 0 Å². The minimum Gasteiger partial charge on any atom is -0.493 e. The number of methoxy groups -OCH3 is 1. The summed E-state index contributed by atoms with van der Waals surface area (Å²) in [4.78, 5) is 0. The Morgan fingerprint density at radius 1 is 1.39 bits per heavy atom. The summed E-state index contributed by atoms with van der Waals surface area (Å²) >= 11 is 0. The van der Waals surface area contributed by atoms with Crippen LogP contribution in [0.15, 0.2) is 24.3 Å². The largest absolute Gasteiger partial charge is 0.493 e. The highest BCUT2D eigenvalue weighted by Gasteiger charge is 2.44. The van der Waals surface area contributed by atoms with Gasteiger partial charge in [-0.3, -0.25) is 0 Å². The molecule has 1 aromatic carbocycles. The normalized spacial score (nSPS) is 34.3. The molecular formula is C15H20O3. The maximum Gasteiger partial charge on any atom is 0.122 e. The van der Waals surface area contributed by atoms with Gasteiger partial charge in [0.1, 0.15) is 5.75 Å². The topological polar surface area (TPSA) is 38.7 Å². The van der Waals surface area contributed by atoms with Crippen molar-refractivity contribution in [3.8, 4) is 5.75 Å². The average Bonchev–Trinajstić information content (AvgIpc) is 2.36. The van der Waals surface area contributed by atoms with Gasteiger partial charge in [0.25, 0.3) is 0 Å². The molecule has 0 saturated heterocycles. The van der Waals surface area contributed by atoms with Crippen molar-refractivity contribution in [2.45, 2.75) is 43.3 Å². The van der Waals surface area contributed by atoms with E-state index in [4.69, 9.17) is 9.47 Å². The molecule has 1 aliphatic heterocycles. The van der Waals surface area contributed by atoms with E-state index in [0.717, 1.165) is 38.0 Å². The van der Waals surface area contributed by atoms with Crippen LogP contribution in [0.5, 0.6) is 5.75 Å². The number of hydrogen-bond acceptors (Lipinski definition) is 3. The van der Waals surface area contributed by atoms with Gasteiger partial charge in [-0.15, -0.1) is 0 Å². The zero-order valence-electron chi connectivity index (χ0n) is 10.8. The average molecular weight is 248 g/mol. The van der Waals surface area contributed by atoms with E-state index in [9.17, 15) is 5.11 Å². The van der Waals surface area contributed by atoms with Gasteiger partial charge in [0.2, 0.25) is 0 Å². The van der Waals surface area contributed by atoms with Gasteiger partial charge >= 0.3 is 0 Å². The summed E-state index contributed by atoms with van der Waals surface area (Å²) in [6, 6.07) is 8.18. The minimum atomic E-state index is -0.532. The molecule has 1 saturated carbocycles. The van der Waals surface area contributed by atoms with Crippen molar-refractivity contribution in [3.05, 3.63) is 29.8 Å². The van der Waals surface area contributed by atoms with E-state index in [1.807, 2.05) is 18.2 Å². The number of benzene rings is 1. The molecule has 0 amide bonds. The fourth-order valence-electron chi connectivity index (χ4n) is 3.21. The van der Waals surface area contributed by atoms with Gasteiger partial charge in [-0.1, -0.05) is 18.2 Å². The highest BCUT2D eigenvalue weighted by Crippen LogP contribution is 2.45. The van der Waals surface area contributed by atoms with E-state index >= 15 is 0 Å². The van der Waals surface area contributed by atoms with Crippen LogP contribution in [0.4, 0.5) is 0 Å². The Hall–Kier alpha value is -1.06. The molecule has 1 aliphatic carbocycles. The van der Waals surface area contributed by atoms with E-state index in [2.05, 4.69) is 6.07 Å². The van der Waals surface area contributed by atoms with E-state index < -0.39 is 5.60 Å². The first-order valence-corrected chi connectivity index (χ1v) is 6.67. The molecule has 1 heterocycles. The summed E-state index contributed by atoms with van der Waals surface area (Å²) in [7, 11) is 1.72. The van der Waals surface area contributed by atoms with Crippen molar-refractivity contribution >= 4 is 0 Å². The SMILES string of the molecule is COC1CC(O)(CC2CCOc3ccccc32)C1. The van der Waals surface area contributed by atoms with E-state index in [-0.39, 0.29) is 6.10 Å². The number of fused-ring (bicyclic) bond motifs is 1. The van der Waals surface area contributed by atoms with Crippen molar-refractivity contribution in [2.75, 3.05) is 13.7 Å². The van der Waals surface area contributed by atoms with Crippen molar-refractivity contribution < 1.29 is 14.6 Å². The van der Waals surface area contributed by atoms with Gasteiger partial charge < -0.3 is 14.6 Å². The second kappa shape index (κ2) is 4.56. The van der Waals surface area contributed by atoms with Crippen LogP contribution in [0.3, 0.4) is 0 Å². The zero-order chi connectivity index (χ0) is 12.6. The third-order valence-electron chi connectivity index (χ3n) is 4.26. The summed E-state index contributed by atoms with van der Waals surface area (Å²) in [5.41, 5.74) is 0.716. The number of ether oxygens (including phenoxy) is 2. The highest BCUT2D eigenvalue weighted by molar-refractivity contribution is 5.38. The molecule has 1 N–H and O–H groups in total. The van der Waals surface area contributed by atoms with Crippen LogP contribution in [0, 0.1) is 0 Å². The van der Waals surface area contributed by atoms with Crippen LogP contribution in [-0.2, 0) is 4.74 Å². The molecule has 18 heavy (non-hydrogen) atoms. The Balaban J connectivity index is 1.71. The van der Waals surface area contributed by atoms with Gasteiger partial charge in [0.15, 0.2) is 0 Å². The molecule has 1 atom stereocenters. The Labute approximate surface area is 108 Å². The lowest BCUT2D eigenvalue weighted by Crippen LogP contribution is -2.49. The fourth-order valence-corrected chi connectivity index (χ4v) is 3.21. The standard InChI is InChI=1S/C15H20O3/c1-17-12-9-15(16,10-12)8-11-6-7-18-14-5-3-2-4-13(11)14/h2-5,11-12,16H,6-10H2,1H3. The highest BCUT2D eigenvalue weighted by atomic mass is 16.5. The van der Waals surface area contributed by atoms with Crippen molar-refractivity contribution in [3.63, 3.8) is 0 Å². The molecule has 1 fully saturated rings. The molecule has 3 nitrogen and oxygen atoms in total. The number of rotatable bonds is 3. The summed E-state index contributed by atoms with van der Waals surface area (Å²) in [5.74, 6) is 1.40. The van der Waals surface area contributed by atoms with Crippen LogP contribution in [0.1, 0.15) is 37.2 Å². The lowest BCUT2D eigenvalue weighted by atomic mass is 9.70. The van der Waals surface area contributed by atoms with Gasteiger partial charge in [-0.05, 0) is 30.4 Å². The lowest BCUT2D eigenvalue weighted by Gasteiger charge is -2.45. The molecule has 0 spiro atoms. The maximum absolute atomic E-state index is 10.5. The molecule has 0 radical (unpaired) electrons. The quantitative estimate of drug-likeness (QED) is 0.893. The summed E-state index contributed by atoms with van der Waals surface area (Å²) < 4.78 is 10.9. The monoisotopic (exact) mass is 248 g/mol. The second-order valence-electron chi connectivity index (χ2n) is 5.57. The molecule has 1 unspecified atom stereocenters. The molecule has 2 aliphatic rings. The Morgan fingerprint density at radius 2 is 2.17 bits per heavy atom. The van der Waals surface area contributed by atoms with Crippen LogP contribution >= 0.6 is 0 Å². The smallest absolute Gasteiger partial charge is 0.122 e. The van der Waals surface area contributed by atoms with E-state index in [1.165, 1.54) is 5.56 Å². The Bertz CT molecular complexity index is 424. The molecule has 98 valence electrons. The number of aliphatic hydroxyl groups is 1. The van der Waals surface area contributed by atoms with E-state index in [1.54, 1.807) is 7.11 Å². The molecular weight excluding hydrogens is 228 g/mol. The van der Waals surface area contributed by atoms with Crippen LogP contribution in [0.2, 0.25) is 0 Å². The van der Waals surface area contributed by atoms with Crippen molar-refractivity contribution in [2.24, 2.45) is 0 Å². The molecule has 1 aromatic rings. The van der Waals surface area contributed by atoms with Crippen molar-refractivity contribution in [1.29, 1.82) is 0 Å². The first-order valence-electron chi connectivity index (χ1n) is 6.67. The van der Waals surface area contributed by atoms with Gasteiger partial charge in [0, 0.05) is 20.0 Å². The van der Waals surface area contributed by atoms with Crippen LogP contribution in [-0.4, -0.2) is 30.5 Å². The first kappa shape index (κ1) is 12.0. The second-order valence-corrected chi connectivity index (χ2v) is 5.57.